The Balaban J connectivity index is 0.00000176. The molecule has 0 unspecified atom stereocenters. The SMILES string of the molecule is CC.Cc1ccc(OC(F)(F)C2CCC(C(C)(C)C(C)(C)C3CCC(=O)CC3)CC2)cc1. The second-order valence-electron chi connectivity index (χ2n) is 10.8. The average molecular weight is 451 g/mol. The lowest BCUT2D eigenvalue weighted by Crippen LogP contribution is -2.47. The van der Waals surface area contributed by atoms with Crippen LogP contribution in [-0.2, 0) is 4.79 Å². The van der Waals surface area contributed by atoms with E-state index in [4.69, 9.17) is 4.74 Å². The van der Waals surface area contributed by atoms with E-state index < -0.39 is 12.0 Å². The lowest BCUT2D eigenvalue weighted by Gasteiger charge is -2.54. The van der Waals surface area contributed by atoms with Gasteiger partial charge in [-0.05, 0) is 80.2 Å². The van der Waals surface area contributed by atoms with Gasteiger partial charge in [0.2, 0.25) is 0 Å². The van der Waals surface area contributed by atoms with Crippen molar-refractivity contribution in [3.05, 3.63) is 29.8 Å². The zero-order chi connectivity index (χ0) is 24.2. The molecule has 2 saturated carbocycles. The fraction of sp³-hybridized carbons (Fsp3) is 0.750. The Kier molecular flexibility index (Phi) is 8.92. The number of ether oxygens (including phenoxy) is 1. The molecule has 0 atom stereocenters. The number of hydrogen-bond acceptors (Lipinski definition) is 2. The number of Topliss-reactive ketones (excluding diaryl/α,β-unsaturated/α-hetero) is 1. The van der Waals surface area contributed by atoms with Crippen LogP contribution in [0, 0.1) is 35.5 Å². The Morgan fingerprint density at radius 2 is 1.16 bits per heavy atom. The maximum atomic E-state index is 14.8. The predicted molar refractivity (Wildman–Crippen MR) is 128 cm³/mol. The first-order valence-corrected chi connectivity index (χ1v) is 12.6. The molecule has 32 heavy (non-hydrogen) atoms. The Morgan fingerprint density at radius 3 is 1.62 bits per heavy atom. The molecular formula is C28H44F2O2. The van der Waals surface area contributed by atoms with Gasteiger partial charge in [0.25, 0.3) is 0 Å². The summed E-state index contributed by atoms with van der Waals surface area (Å²) in [5.74, 6) is 0.823. The largest absolute Gasteiger partial charge is 0.432 e. The number of benzene rings is 1. The van der Waals surface area contributed by atoms with Gasteiger partial charge in [0, 0.05) is 12.8 Å². The van der Waals surface area contributed by atoms with Crippen LogP contribution in [0.4, 0.5) is 8.78 Å². The standard InChI is InChI=1S/C26H38F2O2.C2H6/c1-18-6-16-23(17-7-18)30-26(27,28)21-10-8-19(9-11-21)24(2,3)25(4,5)20-12-14-22(29)15-13-20;1-2/h6-7,16-17,19-21H,8-15H2,1-5H3;1-2H3. The van der Waals surface area contributed by atoms with Crippen LogP contribution in [0.25, 0.3) is 0 Å². The first-order chi connectivity index (χ1) is 14.9. The lowest BCUT2D eigenvalue weighted by atomic mass is 9.51. The number of ketones is 1. The van der Waals surface area contributed by atoms with E-state index in [0.29, 0.717) is 43.3 Å². The van der Waals surface area contributed by atoms with Crippen LogP contribution in [0.2, 0.25) is 0 Å². The molecule has 2 fully saturated rings. The number of hydrogen-bond donors (Lipinski definition) is 0. The average Bonchev–Trinajstić information content (AvgIpc) is 2.77. The van der Waals surface area contributed by atoms with Crippen molar-refractivity contribution in [2.75, 3.05) is 0 Å². The second-order valence-corrected chi connectivity index (χ2v) is 10.8. The summed E-state index contributed by atoms with van der Waals surface area (Å²) in [4.78, 5) is 11.7. The van der Waals surface area contributed by atoms with Crippen LogP contribution in [0.15, 0.2) is 24.3 Å². The first-order valence-electron chi connectivity index (χ1n) is 12.6. The Labute approximate surface area is 194 Å². The Hall–Kier alpha value is -1.45. The van der Waals surface area contributed by atoms with E-state index in [1.807, 2.05) is 20.8 Å². The van der Waals surface area contributed by atoms with Crippen molar-refractivity contribution in [1.82, 2.24) is 0 Å². The van der Waals surface area contributed by atoms with Gasteiger partial charge in [-0.3, -0.25) is 4.79 Å². The minimum absolute atomic E-state index is 0.0378. The number of alkyl halides is 2. The molecule has 182 valence electrons. The van der Waals surface area contributed by atoms with E-state index in [9.17, 15) is 13.6 Å². The molecule has 0 aliphatic heterocycles. The molecule has 0 saturated heterocycles. The molecule has 0 N–H and O–H groups in total. The van der Waals surface area contributed by atoms with Crippen molar-refractivity contribution in [1.29, 1.82) is 0 Å². The molecular weight excluding hydrogens is 406 g/mol. The third-order valence-electron chi connectivity index (χ3n) is 8.72. The highest BCUT2D eigenvalue weighted by molar-refractivity contribution is 5.79. The van der Waals surface area contributed by atoms with Crippen molar-refractivity contribution < 1.29 is 18.3 Å². The topological polar surface area (TPSA) is 26.3 Å². The molecule has 1 aromatic carbocycles. The molecule has 0 bridgehead atoms. The minimum atomic E-state index is -3.14. The molecule has 0 spiro atoms. The molecule has 0 aromatic heterocycles. The normalized spacial score (nSPS) is 23.3. The number of carbonyl (C=O) groups is 1. The number of aryl methyl sites for hydroxylation is 1. The third kappa shape index (κ3) is 5.91. The van der Waals surface area contributed by atoms with E-state index in [1.54, 1.807) is 24.3 Å². The second kappa shape index (κ2) is 10.7. The Morgan fingerprint density at radius 1 is 0.750 bits per heavy atom. The van der Waals surface area contributed by atoms with Gasteiger partial charge in [-0.25, -0.2) is 0 Å². The fourth-order valence-corrected chi connectivity index (χ4v) is 5.71. The monoisotopic (exact) mass is 450 g/mol. The number of rotatable bonds is 6. The highest BCUT2D eigenvalue weighted by Crippen LogP contribution is 2.57. The molecule has 2 nitrogen and oxygen atoms in total. The van der Waals surface area contributed by atoms with Crippen LogP contribution in [-0.4, -0.2) is 11.9 Å². The van der Waals surface area contributed by atoms with E-state index in [0.717, 1.165) is 31.2 Å². The molecule has 3 rings (SSSR count). The number of carbonyl (C=O) groups excluding carboxylic acids is 1. The quantitative estimate of drug-likeness (QED) is 0.433. The van der Waals surface area contributed by atoms with Gasteiger partial charge in [-0.15, -0.1) is 0 Å². The van der Waals surface area contributed by atoms with Crippen LogP contribution in [0.5, 0.6) is 5.75 Å². The summed E-state index contributed by atoms with van der Waals surface area (Å²) in [5, 5.41) is 0. The maximum absolute atomic E-state index is 14.8. The number of halogens is 2. The van der Waals surface area contributed by atoms with Gasteiger partial charge >= 0.3 is 6.11 Å². The third-order valence-corrected chi connectivity index (χ3v) is 8.72. The summed E-state index contributed by atoms with van der Waals surface area (Å²) in [5.41, 5.74) is 1.14. The van der Waals surface area contributed by atoms with Crippen LogP contribution >= 0.6 is 0 Å². The van der Waals surface area contributed by atoms with Crippen LogP contribution in [0.3, 0.4) is 0 Å². The summed E-state index contributed by atoms with van der Waals surface area (Å²) < 4.78 is 34.8. The summed E-state index contributed by atoms with van der Waals surface area (Å²) in [6, 6.07) is 6.84. The first kappa shape index (κ1) is 26.8. The van der Waals surface area contributed by atoms with E-state index in [2.05, 4.69) is 27.7 Å². The predicted octanol–water partition coefficient (Wildman–Crippen LogP) is 8.61. The molecule has 1 aromatic rings. The summed E-state index contributed by atoms with van der Waals surface area (Å²) >= 11 is 0. The lowest BCUT2D eigenvalue weighted by molar-refractivity contribution is -0.226. The highest BCUT2D eigenvalue weighted by atomic mass is 19.3. The zero-order valence-electron chi connectivity index (χ0n) is 21.3. The smallest absolute Gasteiger partial charge is 0.400 e. The van der Waals surface area contributed by atoms with Crippen molar-refractivity contribution >= 4 is 5.78 Å². The maximum Gasteiger partial charge on any atom is 0.400 e. The zero-order valence-corrected chi connectivity index (χ0v) is 21.3. The van der Waals surface area contributed by atoms with E-state index in [-0.39, 0.29) is 16.6 Å². The van der Waals surface area contributed by atoms with Crippen molar-refractivity contribution in [3.8, 4) is 5.75 Å². The molecule has 0 radical (unpaired) electrons. The summed E-state index contributed by atoms with van der Waals surface area (Å²) in [7, 11) is 0. The molecule has 2 aliphatic carbocycles. The molecule has 0 heterocycles. The van der Waals surface area contributed by atoms with Crippen LogP contribution in [0.1, 0.15) is 98.5 Å². The van der Waals surface area contributed by atoms with Gasteiger partial charge in [0.15, 0.2) is 0 Å². The fourth-order valence-electron chi connectivity index (χ4n) is 5.71. The molecule has 0 amide bonds. The van der Waals surface area contributed by atoms with E-state index >= 15 is 0 Å². The van der Waals surface area contributed by atoms with Gasteiger partial charge in [0.05, 0.1) is 5.92 Å². The van der Waals surface area contributed by atoms with Crippen LogP contribution < -0.4 is 4.74 Å². The minimum Gasteiger partial charge on any atom is -0.432 e. The van der Waals surface area contributed by atoms with Gasteiger partial charge < -0.3 is 4.74 Å². The highest BCUT2D eigenvalue weighted by Gasteiger charge is 2.51. The van der Waals surface area contributed by atoms with Crippen molar-refractivity contribution in [2.24, 2.45) is 28.6 Å². The van der Waals surface area contributed by atoms with E-state index in [1.165, 1.54) is 0 Å². The van der Waals surface area contributed by atoms with Crippen molar-refractivity contribution in [3.63, 3.8) is 0 Å². The Bertz CT molecular complexity index is 718. The van der Waals surface area contributed by atoms with Gasteiger partial charge in [0.1, 0.15) is 11.5 Å². The molecule has 4 heteroatoms. The van der Waals surface area contributed by atoms with Gasteiger partial charge in [-0.1, -0.05) is 59.2 Å². The molecule has 2 aliphatic rings. The summed E-state index contributed by atoms with van der Waals surface area (Å²) in [6.45, 7) is 15.2. The summed E-state index contributed by atoms with van der Waals surface area (Å²) in [6.07, 6.45) is 2.78. The van der Waals surface area contributed by atoms with Crippen molar-refractivity contribution in [2.45, 2.75) is 106 Å². The van der Waals surface area contributed by atoms with Gasteiger partial charge in [-0.2, -0.15) is 8.78 Å².